The zero-order valence-electron chi connectivity index (χ0n) is 40.0. The van der Waals surface area contributed by atoms with Gasteiger partial charge in [-0.1, -0.05) is 166 Å². The second-order valence-electron chi connectivity index (χ2n) is 20.6. The number of nitrogens with zero attached hydrogens (tertiary/aromatic N) is 2. The zero-order chi connectivity index (χ0) is 46.6. The van der Waals surface area contributed by atoms with Gasteiger partial charge in [-0.3, -0.25) is 0 Å². The van der Waals surface area contributed by atoms with Crippen molar-refractivity contribution in [2.24, 2.45) is 0 Å². The SMILES string of the molecule is Cc1ccc2c(c1)c1cc(-c3ccc4c(c3)C(C)(C)c3cc(N(c5ccccc5)c5ccc(-c6ccc7c(c6)C(C)(C)C6=C7C=CCC6)cc5)ccc3-4)ccc1n2-c1ccc(-c2ccccc2)cc1. The second kappa shape index (κ2) is 15.6. The summed E-state index contributed by atoms with van der Waals surface area (Å²) in [4.78, 5) is 2.41. The van der Waals surface area contributed by atoms with E-state index in [1.54, 1.807) is 5.57 Å². The molecule has 0 aliphatic heterocycles. The lowest BCUT2D eigenvalue weighted by Crippen LogP contribution is -2.17. The number of aryl methyl sites for hydroxylation is 1. The average molecular weight is 887 g/mol. The van der Waals surface area contributed by atoms with Crippen molar-refractivity contribution in [1.29, 1.82) is 0 Å². The van der Waals surface area contributed by atoms with Crippen molar-refractivity contribution >= 4 is 44.4 Å². The summed E-state index contributed by atoms with van der Waals surface area (Å²) in [6, 6.07) is 74.9. The molecular formula is C67H54N2. The van der Waals surface area contributed by atoms with Gasteiger partial charge in [0.25, 0.3) is 0 Å². The van der Waals surface area contributed by atoms with Gasteiger partial charge in [-0.15, -0.1) is 0 Å². The molecule has 9 aromatic carbocycles. The average Bonchev–Trinajstić information content (AvgIpc) is 3.92. The molecule has 1 heterocycles. The number of anilines is 3. The Kier molecular flexibility index (Phi) is 9.30. The Morgan fingerprint density at radius 2 is 0.928 bits per heavy atom. The predicted octanol–water partition coefficient (Wildman–Crippen LogP) is 18.3. The van der Waals surface area contributed by atoms with Gasteiger partial charge in [-0.05, 0) is 177 Å². The van der Waals surface area contributed by atoms with Gasteiger partial charge in [-0.25, -0.2) is 0 Å². The molecule has 2 heteroatoms. The molecule has 0 amide bonds. The van der Waals surface area contributed by atoms with Crippen molar-refractivity contribution in [1.82, 2.24) is 4.57 Å². The van der Waals surface area contributed by atoms with Crippen LogP contribution >= 0.6 is 0 Å². The fraction of sp³-hybridized carbons (Fsp3) is 0.134. The Balaban J connectivity index is 0.835. The molecule has 3 aliphatic carbocycles. The first-order chi connectivity index (χ1) is 33.6. The Morgan fingerprint density at radius 1 is 0.420 bits per heavy atom. The molecule has 1 aromatic heterocycles. The topological polar surface area (TPSA) is 8.17 Å². The van der Waals surface area contributed by atoms with Crippen LogP contribution < -0.4 is 4.90 Å². The molecule has 0 unspecified atom stereocenters. The Morgan fingerprint density at radius 3 is 1.67 bits per heavy atom. The van der Waals surface area contributed by atoms with E-state index in [-0.39, 0.29) is 10.8 Å². The first-order valence-electron chi connectivity index (χ1n) is 24.6. The summed E-state index contributed by atoms with van der Waals surface area (Å²) in [5.41, 5.74) is 26.8. The molecule has 3 aliphatic rings. The van der Waals surface area contributed by atoms with Crippen molar-refractivity contribution in [2.75, 3.05) is 4.90 Å². The van der Waals surface area contributed by atoms with E-state index in [9.17, 15) is 0 Å². The van der Waals surface area contributed by atoms with Gasteiger partial charge in [0, 0.05) is 44.4 Å². The number of benzene rings is 9. The number of fused-ring (bicyclic) bond motifs is 8. The number of hydrogen-bond donors (Lipinski definition) is 0. The minimum atomic E-state index is -0.211. The van der Waals surface area contributed by atoms with Crippen molar-refractivity contribution < 1.29 is 0 Å². The molecule has 0 spiro atoms. The van der Waals surface area contributed by atoms with Gasteiger partial charge in [0.2, 0.25) is 0 Å². The van der Waals surface area contributed by atoms with Crippen LogP contribution in [0.2, 0.25) is 0 Å². The van der Waals surface area contributed by atoms with E-state index < -0.39 is 0 Å². The highest BCUT2D eigenvalue weighted by molar-refractivity contribution is 6.11. The summed E-state index contributed by atoms with van der Waals surface area (Å²) >= 11 is 0. The molecule has 0 N–H and O–H groups in total. The Bertz CT molecular complexity index is 3750. The highest BCUT2D eigenvalue weighted by atomic mass is 15.1. The number of hydrogen-bond acceptors (Lipinski definition) is 1. The maximum Gasteiger partial charge on any atom is 0.0541 e. The molecule has 2 nitrogen and oxygen atoms in total. The molecule has 0 saturated heterocycles. The van der Waals surface area contributed by atoms with Crippen LogP contribution in [0.4, 0.5) is 17.1 Å². The minimum Gasteiger partial charge on any atom is -0.310 e. The zero-order valence-corrected chi connectivity index (χ0v) is 40.0. The summed E-state index contributed by atoms with van der Waals surface area (Å²) in [6.07, 6.45) is 6.97. The largest absolute Gasteiger partial charge is 0.310 e. The van der Waals surface area contributed by atoms with Crippen LogP contribution in [0.3, 0.4) is 0 Å². The van der Waals surface area contributed by atoms with E-state index in [4.69, 9.17) is 0 Å². The lowest BCUT2D eigenvalue weighted by molar-refractivity contribution is 0.607. The number of rotatable bonds is 7. The third kappa shape index (κ3) is 6.53. The smallest absolute Gasteiger partial charge is 0.0541 e. The van der Waals surface area contributed by atoms with E-state index in [1.807, 2.05) is 0 Å². The molecule has 0 atom stereocenters. The summed E-state index contributed by atoms with van der Waals surface area (Å²) in [6.45, 7) is 11.8. The van der Waals surface area contributed by atoms with Crippen LogP contribution in [0.1, 0.15) is 68.4 Å². The van der Waals surface area contributed by atoms with Crippen LogP contribution in [0.5, 0.6) is 0 Å². The van der Waals surface area contributed by atoms with E-state index >= 15 is 0 Å². The molecule has 332 valence electrons. The van der Waals surface area contributed by atoms with Crippen LogP contribution in [-0.4, -0.2) is 4.57 Å². The lowest BCUT2D eigenvalue weighted by Gasteiger charge is -2.28. The van der Waals surface area contributed by atoms with Crippen molar-refractivity contribution in [3.8, 4) is 50.2 Å². The lowest BCUT2D eigenvalue weighted by atomic mass is 9.78. The maximum absolute atomic E-state index is 2.46. The first kappa shape index (κ1) is 41.3. The standard InChI is InChI=1S/C67H54N2/c1-43-20-36-64-58(38-43)59-39-47(27-37-65(59)69(64)52-30-21-45(22-31-52)44-14-8-6-9-15-44)49-26-34-56-57-35-32-53(42-63(57)67(4,5)62(56)41-49)68(50-16-10-7-11-17-50)51-28-23-46(24-29-51)48-25-33-55-54-18-12-13-19-60(54)66(2,3)61(55)40-48/h6-12,14-18,20-42H,13,19H2,1-5H3. The number of aromatic nitrogens is 1. The van der Waals surface area contributed by atoms with Gasteiger partial charge in [-0.2, -0.15) is 0 Å². The normalized spacial score (nSPS) is 15.0. The quantitative estimate of drug-likeness (QED) is 0.155. The molecule has 0 fully saturated rings. The Labute approximate surface area is 406 Å². The predicted molar refractivity (Wildman–Crippen MR) is 292 cm³/mol. The third-order valence-corrected chi connectivity index (χ3v) is 15.8. The molecule has 69 heavy (non-hydrogen) atoms. The summed E-state index contributed by atoms with van der Waals surface area (Å²) in [5.74, 6) is 0. The third-order valence-electron chi connectivity index (χ3n) is 15.8. The minimum absolute atomic E-state index is 0.0477. The highest BCUT2D eigenvalue weighted by Gasteiger charge is 2.38. The highest BCUT2D eigenvalue weighted by Crippen LogP contribution is 2.53. The molecule has 0 saturated carbocycles. The molecule has 10 aromatic rings. The van der Waals surface area contributed by atoms with E-state index in [1.165, 1.54) is 105 Å². The first-order valence-corrected chi connectivity index (χ1v) is 24.6. The monoisotopic (exact) mass is 886 g/mol. The van der Waals surface area contributed by atoms with Gasteiger partial charge < -0.3 is 9.47 Å². The maximum atomic E-state index is 2.46. The van der Waals surface area contributed by atoms with Crippen LogP contribution in [0.15, 0.2) is 218 Å². The van der Waals surface area contributed by atoms with E-state index in [0.717, 1.165) is 29.9 Å². The molecule has 13 rings (SSSR count). The number of allylic oxidation sites excluding steroid dienone is 4. The van der Waals surface area contributed by atoms with E-state index in [0.29, 0.717) is 0 Å². The van der Waals surface area contributed by atoms with Gasteiger partial charge in [0.15, 0.2) is 0 Å². The summed E-state index contributed by atoms with van der Waals surface area (Å²) in [7, 11) is 0. The van der Waals surface area contributed by atoms with Crippen LogP contribution in [0.25, 0.3) is 77.6 Å². The number of para-hydroxylation sites is 1. The fourth-order valence-electron chi connectivity index (χ4n) is 12.1. The Hall–Kier alpha value is -7.94. The molecule has 0 radical (unpaired) electrons. The van der Waals surface area contributed by atoms with Crippen molar-refractivity contribution in [3.05, 3.63) is 246 Å². The van der Waals surface area contributed by atoms with Crippen molar-refractivity contribution in [3.63, 3.8) is 0 Å². The fourth-order valence-corrected chi connectivity index (χ4v) is 12.1. The summed E-state index contributed by atoms with van der Waals surface area (Å²) < 4.78 is 2.42. The molecule has 0 bridgehead atoms. The van der Waals surface area contributed by atoms with Crippen LogP contribution in [0, 0.1) is 6.92 Å². The summed E-state index contributed by atoms with van der Waals surface area (Å²) in [5, 5.41) is 2.54. The second-order valence-corrected chi connectivity index (χ2v) is 20.6. The van der Waals surface area contributed by atoms with Gasteiger partial charge in [0.05, 0.1) is 11.0 Å². The van der Waals surface area contributed by atoms with Crippen LogP contribution in [-0.2, 0) is 10.8 Å². The van der Waals surface area contributed by atoms with E-state index in [2.05, 4.69) is 256 Å². The van der Waals surface area contributed by atoms with Gasteiger partial charge >= 0.3 is 0 Å². The van der Waals surface area contributed by atoms with Crippen molar-refractivity contribution in [2.45, 2.75) is 58.3 Å². The molecular weight excluding hydrogens is 833 g/mol. The van der Waals surface area contributed by atoms with Gasteiger partial charge in [0.1, 0.15) is 0 Å².